The van der Waals surface area contributed by atoms with Crippen molar-refractivity contribution >= 4 is 41.6 Å². The number of rotatable bonds is 7. The van der Waals surface area contributed by atoms with Gasteiger partial charge in [0.1, 0.15) is 28.6 Å². The first-order valence-electron chi connectivity index (χ1n) is 31.1. The number of aromatic hydroxyl groups is 3. The van der Waals surface area contributed by atoms with E-state index in [1.807, 2.05) is 66.7 Å². The van der Waals surface area contributed by atoms with Crippen LogP contribution in [0.4, 0.5) is 4.79 Å². The number of phenolic OH excluding ortho intramolecular Hbond substituents is 3. The van der Waals surface area contributed by atoms with Gasteiger partial charge in [0, 0.05) is 58.9 Å². The van der Waals surface area contributed by atoms with Crippen molar-refractivity contribution < 1.29 is 44.0 Å². The van der Waals surface area contributed by atoms with Crippen LogP contribution in [0.1, 0.15) is 229 Å². The van der Waals surface area contributed by atoms with Gasteiger partial charge in [-0.25, -0.2) is 4.79 Å². The van der Waals surface area contributed by atoms with Crippen molar-refractivity contribution in [3.8, 4) is 17.2 Å². The first-order chi connectivity index (χ1) is 37.8. The molecule has 0 aliphatic heterocycles. The first-order valence-corrected chi connectivity index (χ1v) is 31.1. The molecule has 12 heteroatoms. The maximum Gasteiger partial charge on any atom is 0.407 e. The number of carbonyl (C=O) groups is 5. The number of ketones is 4. The van der Waals surface area contributed by atoms with Crippen LogP contribution in [0.2, 0.25) is 0 Å². The van der Waals surface area contributed by atoms with Gasteiger partial charge in [-0.1, -0.05) is 102 Å². The minimum atomic E-state index is -0.574. The number of hydrogen-bond donors (Lipinski definition) is 5. The third-order valence-corrected chi connectivity index (χ3v) is 22.3. The second kappa shape index (κ2) is 24.6. The van der Waals surface area contributed by atoms with E-state index in [0.29, 0.717) is 34.9 Å². The molecule has 83 heavy (non-hydrogen) atoms. The summed E-state index contributed by atoms with van der Waals surface area (Å²) in [5.41, 5.74) is 10.4. The molecule has 6 fully saturated rings. The van der Waals surface area contributed by atoms with Crippen molar-refractivity contribution in [3.63, 3.8) is 0 Å². The Kier molecular flexibility index (Phi) is 19.9. The summed E-state index contributed by atoms with van der Waals surface area (Å²) < 4.78 is 5.55. The zero-order chi connectivity index (χ0) is 61.2. The van der Waals surface area contributed by atoms with Gasteiger partial charge < -0.3 is 31.1 Å². The van der Waals surface area contributed by atoms with Crippen molar-refractivity contribution in [1.29, 1.82) is 0 Å². The Morgan fingerprint density at radius 2 is 0.880 bits per heavy atom. The first kappa shape index (κ1) is 67.4. The van der Waals surface area contributed by atoms with Gasteiger partial charge in [0.25, 0.3) is 0 Å². The largest absolute Gasteiger partial charge is 0.508 e. The average molecular weight is 1170 g/mol. The number of phenols is 3. The average Bonchev–Trinajstić information content (AvgIpc) is 1.17. The molecule has 0 spiro atoms. The molecule has 9 rings (SSSR count). The number of carbonyl (C=O) groups excluding carboxylic acids is 5. The summed E-state index contributed by atoms with van der Waals surface area (Å²) in [5, 5.41) is 33.1. The van der Waals surface area contributed by atoms with Crippen LogP contribution in [0.5, 0.6) is 17.2 Å². The fraction of sp³-hybridized carbons (Fsp3) is 0.676. The molecule has 3 aromatic rings. The quantitative estimate of drug-likeness (QED) is 0.142. The van der Waals surface area contributed by atoms with Crippen molar-refractivity contribution in [2.24, 2.45) is 91.5 Å². The molecule has 14 atom stereocenters. The molecule has 6 aliphatic rings. The number of nitrogens with two attached hydrogens (primary N) is 1. The van der Waals surface area contributed by atoms with Crippen LogP contribution in [0.15, 0.2) is 54.6 Å². The summed E-state index contributed by atoms with van der Waals surface area (Å²) in [6.45, 7) is 38.0. The van der Waals surface area contributed by atoms with Crippen LogP contribution in [-0.2, 0) is 9.53 Å². The Labute approximate surface area is 504 Å². The van der Waals surface area contributed by atoms with Gasteiger partial charge in [-0.15, -0.1) is 12.4 Å². The highest BCUT2D eigenvalue weighted by Gasteiger charge is 2.61. The SMILES string of the molecule is Cc1cc(O)cc(C(=O)[C@H]2C(C)C(N)C[C@H]3C(C)(C)CCC[C@]23C)c1.Cc1cc(O)cc(C(=O)[C@H]2C(C)C(NC(=O)OC(C)(C)C)C[C@H]3C(C)(C)CCC[C@]23C)c1.Cc1cc(O)cc(C(=O)[C@H]2[C@H](C)C(=O)C[C@H]3C(C)(C)CCC[C@]23C)c1.Cl. The van der Waals surface area contributed by atoms with Crippen LogP contribution in [0.25, 0.3) is 0 Å². The van der Waals surface area contributed by atoms with Gasteiger partial charge in [0.05, 0.1) is 0 Å². The number of fused-ring (bicyclic) bond motifs is 3. The minimum absolute atomic E-state index is 0. The number of Topliss-reactive ketones (excluding diaryl/α,β-unsaturated/α-hetero) is 4. The molecule has 3 aromatic carbocycles. The highest BCUT2D eigenvalue weighted by molar-refractivity contribution is 6.03. The molecule has 11 nitrogen and oxygen atoms in total. The van der Waals surface area contributed by atoms with Gasteiger partial charge >= 0.3 is 6.09 Å². The highest BCUT2D eigenvalue weighted by Crippen LogP contribution is 2.64. The van der Waals surface area contributed by atoms with Crippen molar-refractivity contribution in [2.45, 2.75) is 219 Å². The number of ether oxygens (including phenoxy) is 1. The number of aryl methyl sites for hydroxylation is 3. The number of halogens is 1. The van der Waals surface area contributed by atoms with E-state index in [2.05, 4.69) is 81.5 Å². The molecule has 4 unspecified atom stereocenters. The minimum Gasteiger partial charge on any atom is -0.508 e. The maximum atomic E-state index is 14.0. The molecule has 0 bridgehead atoms. The summed E-state index contributed by atoms with van der Waals surface area (Å²) in [6, 6.07) is 15.3. The lowest BCUT2D eigenvalue weighted by atomic mass is 9.45. The molecule has 6 N–H and O–H groups in total. The molecular weight excluding hydrogens is 1060 g/mol. The smallest absolute Gasteiger partial charge is 0.407 e. The van der Waals surface area contributed by atoms with Crippen LogP contribution in [0.3, 0.4) is 0 Å². The lowest BCUT2D eigenvalue weighted by molar-refractivity contribution is -0.143. The summed E-state index contributed by atoms with van der Waals surface area (Å²) in [4.78, 5) is 66.4. The summed E-state index contributed by atoms with van der Waals surface area (Å²) in [5.74, 6) is 1.08. The fourth-order valence-corrected chi connectivity index (χ4v) is 18.6. The molecule has 460 valence electrons. The van der Waals surface area contributed by atoms with Gasteiger partial charge in [-0.3, -0.25) is 19.2 Å². The summed E-state index contributed by atoms with van der Waals surface area (Å²) >= 11 is 0. The van der Waals surface area contributed by atoms with Crippen LogP contribution in [0, 0.1) is 107 Å². The van der Waals surface area contributed by atoms with E-state index >= 15 is 0 Å². The Morgan fingerprint density at radius 3 is 1.27 bits per heavy atom. The van der Waals surface area contributed by atoms with E-state index in [-0.39, 0.29) is 139 Å². The summed E-state index contributed by atoms with van der Waals surface area (Å²) in [6.07, 6.45) is 11.9. The molecule has 0 radical (unpaired) electrons. The predicted molar refractivity (Wildman–Crippen MR) is 334 cm³/mol. The molecule has 6 aliphatic carbocycles. The highest BCUT2D eigenvalue weighted by atomic mass is 35.5. The molecule has 0 aromatic heterocycles. The normalized spacial score (nSPS) is 34.0. The zero-order valence-electron chi connectivity index (χ0n) is 53.8. The third-order valence-electron chi connectivity index (χ3n) is 22.3. The van der Waals surface area contributed by atoms with E-state index in [9.17, 15) is 39.3 Å². The second-order valence-electron chi connectivity index (χ2n) is 31.0. The Balaban J connectivity index is 0.000000201. The third kappa shape index (κ3) is 13.8. The van der Waals surface area contributed by atoms with Gasteiger partial charge in [0.2, 0.25) is 0 Å². The number of alkyl carbamates (subject to hydrolysis) is 1. The van der Waals surface area contributed by atoms with E-state index < -0.39 is 11.7 Å². The van der Waals surface area contributed by atoms with Crippen molar-refractivity contribution in [3.05, 3.63) is 88.0 Å². The zero-order valence-corrected chi connectivity index (χ0v) is 54.6. The molecule has 1 amide bonds. The number of hydrogen-bond acceptors (Lipinski definition) is 10. The topological polar surface area (TPSA) is 193 Å². The lowest BCUT2D eigenvalue weighted by Crippen LogP contribution is -2.60. The second-order valence-corrected chi connectivity index (χ2v) is 31.0. The molecule has 0 heterocycles. The maximum absolute atomic E-state index is 14.0. The number of benzene rings is 3. The van der Waals surface area contributed by atoms with E-state index in [4.69, 9.17) is 10.5 Å². The van der Waals surface area contributed by atoms with E-state index in [1.165, 1.54) is 12.8 Å². The number of nitrogens with one attached hydrogen (secondary N) is 1. The number of amides is 1. The Morgan fingerprint density at radius 1 is 0.530 bits per heavy atom. The Hall–Kier alpha value is -4.74. The Bertz CT molecular complexity index is 2840. The fourth-order valence-electron chi connectivity index (χ4n) is 18.6. The molecular formula is C71H105ClN2O9. The van der Waals surface area contributed by atoms with Crippen LogP contribution < -0.4 is 11.1 Å². The van der Waals surface area contributed by atoms with Crippen LogP contribution in [-0.4, -0.2) is 62.2 Å². The monoisotopic (exact) mass is 1160 g/mol. The van der Waals surface area contributed by atoms with Gasteiger partial charge in [-0.2, -0.15) is 0 Å². The van der Waals surface area contributed by atoms with E-state index in [1.54, 1.807) is 36.4 Å². The van der Waals surface area contributed by atoms with Gasteiger partial charge in [0.15, 0.2) is 17.3 Å². The van der Waals surface area contributed by atoms with Crippen molar-refractivity contribution in [1.82, 2.24) is 5.32 Å². The van der Waals surface area contributed by atoms with Crippen LogP contribution >= 0.6 is 12.4 Å². The molecule has 0 saturated heterocycles. The lowest BCUT2D eigenvalue weighted by Gasteiger charge is -2.60. The van der Waals surface area contributed by atoms with Gasteiger partial charge in [-0.05, 0) is 226 Å². The van der Waals surface area contributed by atoms with Crippen molar-refractivity contribution in [2.75, 3.05) is 0 Å². The van der Waals surface area contributed by atoms with E-state index in [0.717, 1.165) is 74.5 Å². The summed E-state index contributed by atoms with van der Waals surface area (Å²) in [7, 11) is 0. The predicted octanol–water partition coefficient (Wildman–Crippen LogP) is 16.3. The molecule has 6 saturated carbocycles. The standard InChI is InChI=1S/C27H41NO4.C22H33NO2.C22H30O3.ClH/c1-16-12-18(14-19(29)13-16)23(30)22-17(2)20(28-24(31)32-25(3,4)5)15-21-26(6,7)10-9-11-27(21,22)8;1-13-9-15(11-16(24)10-13)20(25)19-14(2)17(23)12-18-21(3,4)7-6-8-22(18,19)5;1-13-9-15(11-16(23)10-13)20(25)19-14(2)17(24)12-18-21(3,4)7-6-8-22(18,19)5;/h12-14,17,20-22,29H,9-11,15H2,1-8H3,(H,28,31);9-11,14,17-19,24H,6-8,12,23H2,1-5H3;9-11,14,18-19,23H,6-8,12H2,1-5H3;1H/t17?,20?,21-,22+,27-;14?,17?,18-,19+,22-;14-,18+,19-,22+;/m001./s1.